The van der Waals surface area contributed by atoms with Gasteiger partial charge in [0.1, 0.15) is 19.3 Å². The number of carbonyl (C=O) groups is 1. The van der Waals surface area contributed by atoms with Crippen molar-refractivity contribution >= 4 is 41.7 Å². The van der Waals surface area contributed by atoms with Gasteiger partial charge in [-0.15, -0.1) is 11.3 Å². The van der Waals surface area contributed by atoms with Crippen molar-refractivity contribution in [3.05, 3.63) is 35.5 Å². The number of nitrogens with zero attached hydrogens (tertiary/aromatic N) is 2. The van der Waals surface area contributed by atoms with Gasteiger partial charge in [0, 0.05) is 11.0 Å². The molecule has 1 amide bonds. The Morgan fingerprint density at radius 1 is 1.33 bits per heavy atom. The van der Waals surface area contributed by atoms with Crippen LogP contribution in [0.5, 0.6) is 0 Å². The zero-order valence-electron chi connectivity index (χ0n) is 12.0. The van der Waals surface area contributed by atoms with Crippen LogP contribution in [-0.4, -0.2) is 24.5 Å². The molecule has 21 heavy (non-hydrogen) atoms. The van der Waals surface area contributed by atoms with E-state index in [0.717, 1.165) is 0 Å². The monoisotopic (exact) mass is 304 g/mol. The smallest absolute Gasteiger partial charge is 0.421 e. The van der Waals surface area contributed by atoms with Crippen molar-refractivity contribution in [2.45, 2.75) is 26.4 Å². The lowest BCUT2D eigenvalue weighted by Crippen LogP contribution is -2.34. The lowest BCUT2D eigenvalue weighted by Gasteiger charge is -2.25. The molecule has 0 fully saturated rings. The van der Waals surface area contributed by atoms with Crippen LogP contribution in [0.2, 0.25) is 0 Å². The summed E-state index contributed by atoms with van der Waals surface area (Å²) in [6, 6.07) is 5.50. The Labute approximate surface area is 128 Å². The fourth-order valence-corrected chi connectivity index (χ4v) is 2.29. The summed E-state index contributed by atoms with van der Waals surface area (Å²) >= 11 is 1.21. The Kier molecular flexibility index (Phi) is 4.32. The first-order valence-corrected chi connectivity index (χ1v) is 7.14. The van der Waals surface area contributed by atoms with Crippen LogP contribution >= 0.6 is 11.3 Å². The first-order chi connectivity index (χ1) is 9.76. The Hall–Kier alpha value is -1.89. The van der Waals surface area contributed by atoms with Crippen molar-refractivity contribution in [3.63, 3.8) is 0 Å². The van der Waals surface area contributed by atoms with E-state index in [1.165, 1.54) is 40.5 Å². The maximum atomic E-state index is 13.1. The molecule has 7 heteroatoms. The van der Waals surface area contributed by atoms with E-state index in [4.69, 9.17) is 12.6 Å². The van der Waals surface area contributed by atoms with Crippen LogP contribution in [0.3, 0.4) is 0 Å². The van der Waals surface area contributed by atoms with Gasteiger partial charge in [-0.05, 0) is 45.0 Å². The van der Waals surface area contributed by atoms with Crippen LogP contribution < -0.4 is 10.5 Å². The standard InChI is InChI=1S/C14H14BFN2O2S/c1-14(2,3)20-13(19)18(12-17-11(15)8-21-12)10-6-4-9(16)5-7-10/h4-8H,1-3H3. The van der Waals surface area contributed by atoms with Gasteiger partial charge in [-0.25, -0.2) is 19.1 Å². The Bertz CT molecular complexity index is 637. The van der Waals surface area contributed by atoms with E-state index in [0.29, 0.717) is 16.4 Å². The molecule has 2 rings (SSSR count). The minimum absolute atomic E-state index is 0.311. The van der Waals surface area contributed by atoms with Gasteiger partial charge in [-0.1, -0.05) is 0 Å². The average Bonchev–Trinajstić information content (AvgIpc) is 2.76. The molecule has 2 radical (unpaired) electrons. The third-order valence-corrected chi connectivity index (χ3v) is 3.21. The SMILES string of the molecule is [B]c1csc(N(C(=O)OC(C)(C)C)c2ccc(F)cc2)n1. The van der Waals surface area contributed by atoms with Crippen LogP contribution in [0.4, 0.5) is 20.0 Å². The number of rotatable bonds is 2. The van der Waals surface area contributed by atoms with Gasteiger partial charge in [0.25, 0.3) is 0 Å². The summed E-state index contributed by atoms with van der Waals surface area (Å²) in [5.41, 5.74) is 0.115. The van der Waals surface area contributed by atoms with Crippen molar-refractivity contribution in [1.82, 2.24) is 4.98 Å². The van der Waals surface area contributed by atoms with Crippen LogP contribution in [0.1, 0.15) is 20.8 Å². The summed E-state index contributed by atoms with van der Waals surface area (Å²) in [7, 11) is 5.61. The molecule has 0 saturated carbocycles. The fraction of sp³-hybridized carbons (Fsp3) is 0.286. The largest absolute Gasteiger partial charge is 0.443 e. The lowest BCUT2D eigenvalue weighted by atomic mass is 10.1. The summed E-state index contributed by atoms with van der Waals surface area (Å²) in [4.78, 5) is 17.7. The van der Waals surface area contributed by atoms with E-state index < -0.39 is 11.7 Å². The number of ether oxygens (including phenoxy) is 1. The van der Waals surface area contributed by atoms with E-state index in [9.17, 15) is 9.18 Å². The number of hydrogen-bond donors (Lipinski definition) is 0. The molecule has 108 valence electrons. The van der Waals surface area contributed by atoms with E-state index >= 15 is 0 Å². The molecule has 2 aromatic rings. The zero-order valence-corrected chi connectivity index (χ0v) is 12.8. The number of amides is 1. The molecule has 0 aliphatic rings. The first kappa shape index (κ1) is 15.5. The summed E-state index contributed by atoms with van der Waals surface area (Å²) in [5.74, 6) is -0.387. The number of carbonyl (C=O) groups excluding carboxylic acids is 1. The molecule has 0 saturated heterocycles. The third kappa shape index (κ3) is 4.04. The second-order valence-electron chi connectivity index (χ2n) is 5.35. The summed E-state index contributed by atoms with van der Waals surface area (Å²) in [6.45, 7) is 5.30. The maximum Gasteiger partial charge on any atom is 0.421 e. The van der Waals surface area contributed by atoms with E-state index in [1.807, 2.05) is 0 Å². The van der Waals surface area contributed by atoms with E-state index in [1.54, 1.807) is 26.2 Å². The van der Waals surface area contributed by atoms with E-state index in [2.05, 4.69) is 4.98 Å². The van der Waals surface area contributed by atoms with Gasteiger partial charge >= 0.3 is 6.09 Å². The van der Waals surface area contributed by atoms with Crippen LogP contribution in [0.15, 0.2) is 29.6 Å². The van der Waals surface area contributed by atoms with Crippen LogP contribution in [0.25, 0.3) is 0 Å². The highest BCUT2D eigenvalue weighted by atomic mass is 32.1. The number of thiazole rings is 1. The first-order valence-electron chi connectivity index (χ1n) is 6.26. The van der Waals surface area contributed by atoms with Crippen molar-refractivity contribution in [1.29, 1.82) is 0 Å². The minimum atomic E-state index is -0.655. The average molecular weight is 304 g/mol. The molecule has 0 spiro atoms. The molecular formula is C14H14BFN2O2S. The predicted molar refractivity (Wildman–Crippen MR) is 82.3 cm³/mol. The quantitative estimate of drug-likeness (QED) is 0.800. The van der Waals surface area contributed by atoms with Crippen molar-refractivity contribution in [2.75, 3.05) is 4.90 Å². The molecule has 0 bridgehead atoms. The van der Waals surface area contributed by atoms with Crippen molar-refractivity contribution < 1.29 is 13.9 Å². The second kappa shape index (κ2) is 5.85. The van der Waals surface area contributed by atoms with Gasteiger partial charge < -0.3 is 4.74 Å². The molecule has 1 aromatic heterocycles. The lowest BCUT2D eigenvalue weighted by molar-refractivity contribution is 0.0599. The number of benzene rings is 1. The van der Waals surface area contributed by atoms with Gasteiger partial charge in [0.15, 0.2) is 5.13 Å². The molecular weight excluding hydrogens is 290 g/mol. The molecule has 0 aliphatic heterocycles. The Balaban J connectivity index is 2.39. The zero-order chi connectivity index (χ0) is 15.6. The van der Waals surface area contributed by atoms with Crippen molar-refractivity contribution in [2.24, 2.45) is 0 Å². The molecule has 4 nitrogen and oxygen atoms in total. The highest BCUT2D eigenvalue weighted by Crippen LogP contribution is 2.28. The van der Waals surface area contributed by atoms with Gasteiger partial charge in [-0.2, -0.15) is 0 Å². The van der Waals surface area contributed by atoms with Gasteiger partial charge in [-0.3, -0.25) is 0 Å². The van der Waals surface area contributed by atoms with Gasteiger partial charge in [0.2, 0.25) is 0 Å². The predicted octanol–water partition coefficient (Wildman–Crippen LogP) is 3.15. The molecule has 0 atom stereocenters. The van der Waals surface area contributed by atoms with Crippen LogP contribution in [-0.2, 0) is 4.74 Å². The third-order valence-electron chi connectivity index (χ3n) is 2.36. The summed E-state index contributed by atoms with van der Waals surface area (Å²) in [5, 5.41) is 1.99. The normalized spacial score (nSPS) is 11.2. The van der Waals surface area contributed by atoms with Crippen molar-refractivity contribution in [3.8, 4) is 0 Å². The molecule has 0 N–H and O–H groups in total. The second-order valence-corrected chi connectivity index (χ2v) is 6.18. The summed E-state index contributed by atoms with van der Waals surface area (Å²) in [6.07, 6.45) is -0.594. The topological polar surface area (TPSA) is 42.4 Å². The Morgan fingerprint density at radius 3 is 2.43 bits per heavy atom. The van der Waals surface area contributed by atoms with Gasteiger partial charge in [0.05, 0.1) is 5.69 Å². The highest BCUT2D eigenvalue weighted by Gasteiger charge is 2.26. The molecule has 1 heterocycles. The number of hydrogen-bond acceptors (Lipinski definition) is 4. The summed E-state index contributed by atoms with van der Waals surface area (Å²) < 4.78 is 18.4. The number of aromatic nitrogens is 1. The molecule has 0 aliphatic carbocycles. The molecule has 0 unspecified atom stereocenters. The van der Waals surface area contributed by atoms with E-state index in [-0.39, 0.29) is 5.82 Å². The number of anilines is 2. The van der Waals surface area contributed by atoms with Crippen LogP contribution in [0, 0.1) is 5.82 Å². The highest BCUT2D eigenvalue weighted by molar-refractivity contribution is 7.14. The Morgan fingerprint density at radius 2 is 1.95 bits per heavy atom. The maximum absolute atomic E-state index is 13.1. The number of halogens is 1. The minimum Gasteiger partial charge on any atom is -0.443 e. The molecule has 1 aromatic carbocycles. The fourth-order valence-electron chi connectivity index (χ4n) is 1.57.